The van der Waals surface area contributed by atoms with Crippen LogP contribution in [0.15, 0.2) is 0 Å². The molecule has 0 aliphatic rings. The third-order valence-corrected chi connectivity index (χ3v) is 9.17. The van der Waals surface area contributed by atoms with Gasteiger partial charge in [-0.25, -0.2) is 0 Å². The van der Waals surface area contributed by atoms with Crippen LogP contribution >= 0.6 is 0 Å². The van der Waals surface area contributed by atoms with Crippen molar-refractivity contribution in [1.82, 2.24) is 4.90 Å². The van der Waals surface area contributed by atoms with E-state index in [9.17, 15) is 0 Å². The van der Waals surface area contributed by atoms with Crippen molar-refractivity contribution in [2.75, 3.05) is 47.3 Å². The molecule has 0 N–H and O–H groups in total. The molecule has 270 valence electrons. The molecule has 0 amide bonds. The summed E-state index contributed by atoms with van der Waals surface area (Å²) in [4.78, 5) is 2.79. The van der Waals surface area contributed by atoms with Gasteiger partial charge in [0.15, 0.2) is 0 Å². The van der Waals surface area contributed by atoms with Gasteiger partial charge in [-0.15, -0.1) is 0 Å². The Balaban J connectivity index is -0.000000786. The number of hydrogen-bond acceptors (Lipinski definition) is 1. The fourth-order valence-corrected chi connectivity index (χ4v) is 6.11. The summed E-state index contributed by atoms with van der Waals surface area (Å²) in [7, 11) is 6.87. The summed E-state index contributed by atoms with van der Waals surface area (Å²) in [6, 6.07) is 0. The number of halogens is 1. The van der Waals surface area contributed by atoms with Gasteiger partial charge in [-0.1, -0.05) is 188 Å². The molecule has 0 bridgehead atoms. The normalized spacial score (nSPS) is 11.5. The molecule has 0 fully saturated rings. The van der Waals surface area contributed by atoms with E-state index in [0.29, 0.717) is 0 Å². The van der Waals surface area contributed by atoms with Gasteiger partial charge in [0.25, 0.3) is 0 Å². The van der Waals surface area contributed by atoms with E-state index in [1.165, 1.54) is 219 Å². The monoisotopic (exact) mass is 645 g/mol. The van der Waals surface area contributed by atoms with E-state index in [4.69, 9.17) is 0 Å². The van der Waals surface area contributed by atoms with Crippen LogP contribution in [0.4, 0.5) is 0 Å². The molecule has 0 unspecified atom stereocenters. The summed E-state index contributed by atoms with van der Waals surface area (Å²) in [6.45, 7) is 14.6. The van der Waals surface area contributed by atoms with E-state index >= 15 is 0 Å². The molecule has 0 radical (unpaired) electrons. The van der Waals surface area contributed by atoms with Gasteiger partial charge < -0.3 is 21.8 Å². The second kappa shape index (κ2) is 41.2. The molecule has 0 aliphatic carbocycles. The zero-order valence-electron chi connectivity index (χ0n) is 32.3. The highest BCUT2D eigenvalue weighted by atomic mass is 35.5. The first-order valence-corrected chi connectivity index (χ1v) is 20.4. The maximum Gasteiger partial charge on any atom is 0.0780 e. The van der Waals surface area contributed by atoms with Crippen molar-refractivity contribution in [1.29, 1.82) is 0 Å². The average molecular weight is 646 g/mol. The van der Waals surface area contributed by atoms with E-state index in [0.717, 1.165) is 4.48 Å². The molecule has 0 rings (SSSR count). The van der Waals surface area contributed by atoms with Gasteiger partial charge in [0, 0.05) is 0 Å². The van der Waals surface area contributed by atoms with Crippen LogP contribution in [0.5, 0.6) is 0 Å². The van der Waals surface area contributed by atoms with Crippen LogP contribution in [0, 0.1) is 0 Å². The zero-order valence-corrected chi connectivity index (χ0v) is 33.1. The minimum atomic E-state index is 0. The molecule has 0 aromatic heterocycles. The zero-order chi connectivity index (χ0) is 32.1. The van der Waals surface area contributed by atoms with Crippen molar-refractivity contribution < 1.29 is 16.9 Å². The fraction of sp³-hybridized carbons (Fsp3) is 1.00. The van der Waals surface area contributed by atoms with Gasteiger partial charge in [0.2, 0.25) is 0 Å². The van der Waals surface area contributed by atoms with Crippen LogP contribution in [-0.2, 0) is 0 Å². The lowest BCUT2D eigenvalue weighted by molar-refractivity contribution is -0.870. The number of unbranched alkanes of at least 4 members (excludes halogenated alkanes) is 26. The third kappa shape index (κ3) is 46.6. The lowest BCUT2D eigenvalue weighted by atomic mass is 10.1. The van der Waals surface area contributed by atoms with Crippen molar-refractivity contribution in [3.05, 3.63) is 0 Å². The summed E-state index contributed by atoms with van der Waals surface area (Å²) >= 11 is 0. The lowest BCUT2D eigenvalue weighted by Crippen LogP contribution is -3.00. The van der Waals surface area contributed by atoms with Crippen LogP contribution in [-0.4, -0.2) is 56.7 Å². The Morgan fingerprint density at radius 1 is 0.295 bits per heavy atom. The topological polar surface area (TPSA) is 3.24 Å². The summed E-state index contributed by atoms with van der Waals surface area (Å²) < 4.78 is 1.12. The molecule has 0 heterocycles. The summed E-state index contributed by atoms with van der Waals surface area (Å²) in [5.41, 5.74) is 0. The lowest BCUT2D eigenvalue weighted by Gasteiger charge is -2.23. The van der Waals surface area contributed by atoms with Crippen LogP contribution in [0.25, 0.3) is 0 Å². The van der Waals surface area contributed by atoms with Gasteiger partial charge in [-0.2, -0.15) is 0 Å². The average Bonchev–Trinajstić information content (AvgIpc) is 2.98. The van der Waals surface area contributed by atoms with Gasteiger partial charge in [0.05, 0.1) is 27.7 Å². The minimum Gasteiger partial charge on any atom is -1.00 e. The van der Waals surface area contributed by atoms with Gasteiger partial charge in [-0.3, -0.25) is 0 Å². The SMILES string of the molecule is CCCCCCCCCCCCCC[N+](C)(C)C.CCCCCCCCN(CCCCCCCC)CCCCCCCC.[Cl-]. The molecule has 2 nitrogen and oxygen atoms in total. The summed E-state index contributed by atoms with van der Waals surface area (Å²) in [6.07, 6.45) is 43.1. The molecular weight excluding hydrogens is 556 g/mol. The molecule has 0 spiro atoms. The van der Waals surface area contributed by atoms with E-state index < -0.39 is 0 Å². The highest BCUT2D eigenvalue weighted by Crippen LogP contribution is 2.13. The Kier molecular flexibility index (Phi) is 45.5. The van der Waals surface area contributed by atoms with E-state index in [1.54, 1.807) is 0 Å². The maximum absolute atomic E-state index is 2.79. The number of quaternary nitrogens is 1. The van der Waals surface area contributed by atoms with Crippen molar-refractivity contribution in [2.24, 2.45) is 0 Å². The Morgan fingerprint density at radius 3 is 0.727 bits per heavy atom. The summed E-state index contributed by atoms with van der Waals surface area (Å²) in [5, 5.41) is 0. The third-order valence-electron chi connectivity index (χ3n) is 9.17. The summed E-state index contributed by atoms with van der Waals surface area (Å²) in [5.74, 6) is 0. The Morgan fingerprint density at radius 2 is 0.500 bits per heavy atom. The number of hydrogen-bond donors (Lipinski definition) is 0. The Bertz CT molecular complexity index is 438. The second-order valence-corrected chi connectivity index (χ2v) is 15.0. The Labute approximate surface area is 288 Å². The molecule has 0 saturated heterocycles. The molecule has 44 heavy (non-hydrogen) atoms. The molecule has 3 heteroatoms. The maximum atomic E-state index is 2.79. The number of rotatable bonds is 34. The molecule has 0 atom stereocenters. The molecule has 0 aromatic carbocycles. The van der Waals surface area contributed by atoms with Crippen molar-refractivity contribution in [3.8, 4) is 0 Å². The van der Waals surface area contributed by atoms with E-state index in [1.807, 2.05) is 0 Å². The van der Waals surface area contributed by atoms with Crippen molar-refractivity contribution in [3.63, 3.8) is 0 Å². The molecule has 0 aliphatic heterocycles. The molecular formula is C41H89ClN2. The van der Waals surface area contributed by atoms with Crippen LogP contribution in [0.2, 0.25) is 0 Å². The number of nitrogens with zero attached hydrogens (tertiary/aromatic N) is 2. The largest absolute Gasteiger partial charge is 1.00 e. The molecule has 0 saturated carbocycles. The predicted octanol–water partition coefficient (Wildman–Crippen LogP) is 10.8. The Hall–Kier alpha value is 0.210. The van der Waals surface area contributed by atoms with Crippen molar-refractivity contribution >= 4 is 0 Å². The van der Waals surface area contributed by atoms with Gasteiger partial charge in [-0.05, 0) is 51.7 Å². The van der Waals surface area contributed by atoms with Crippen LogP contribution in [0.3, 0.4) is 0 Å². The van der Waals surface area contributed by atoms with Crippen molar-refractivity contribution in [2.45, 2.75) is 220 Å². The predicted molar refractivity (Wildman–Crippen MR) is 201 cm³/mol. The first-order valence-electron chi connectivity index (χ1n) is 20.4. The highest BCUT2D eigenvalue weighted by molar-refractivity contribution is 4.60. The minimum absolute atomic E-state index is 0. The highest BCUT2D eigenvalue weighted by Gasteiger charge is 2.06. The van der Waals surface area contributed by atoms with E-state index in [-0.39, 0.29) is 12.4 Å². The van der Waals surface area contributed by atoms with Gasteiger partial charge >= 0.3 is 0 Å². The fourth-order valence-electron chi connectivity index (χ4n) is 6.11. The molecule has 0 aromatic rings. The van der Waals surface area contributed by atoms with E-state index in [2.05, 4.69) is 53.7 Å². The standard InChI is InChI=1S/C24H51N.C17H38N.ClH/c1-4-7-10-13-16-19-22-25(23-20-17-14-11-8-5-2)24-21-18-15-12-9-6-3;1-5-6-7-8-9-10-11-12-13-14-15-16-17-18(2,3)4;/h4-24H2,1-3H3;5-17H2,1-4H3;1H/q;+1;/p-1. The smallest absolute Gasteiger partial charge is 0.0780 e. The first kappa shape index (κ1) is 48.6. The second-order valence-electron chi connectivity index (χ2n) is 15.0. The quantitative estimate of drug-likeness (QED) is 0.0497. The first-order chi connectivity index (χ1) is 20.9. The van der Waals surface area contributed by atoms with Crippen LogP contribution < -0.4 is 12.4 Å². The van der Waals surface area contributed by atoms with Crippen LogP contribution in [0.1, 0.15) is 220 Å². The van der Waals surface area contributed by atoms with Gasteiger partial charge in [0.1, 0.15) is 0 Å².